The minimum atomic E-state index is -1.04. The maximum atomic E-state index is 10.9. The highest BCUT2D eigenvalue weighted by atomic mass is 16.4. The van der Waals surface area contributed by atoms with Gasteiger partial charge in [0.15, 0.2) is 5.69 Å². The molecule has 2 aromatic rings. The summed E-state index contributed by atoms with van der Waals surface area (Å²) < 4.78 is 1.96. The third-order valence-corrected chi connectivity index (χ3v) is 2.38. The first-order chi connectivity index (χ1) is 7.15. The highest BCUT2D eigenvalue weighted by Crippen LogP contribution is 2.17. The summed E-state index contributed by atoms with van der Waals surface area (Å²) in [7, 11) is 0. The second-order valence-electron chi connectivity index (χ2n) is 3.24. The van der Waals surface area contributed by atoms with Gasteiger partial charge in [-0.25, -0.2) is 14.8 Å². The molecule has 78 valence electrons. The van der Waals surface area contributed by atoms with Crippen molar-refractivity contribution in [2.24, 2.45) is 0 Å². The Balaban J connectivity index is 2.83. The minimum absolute atomic E-state index is 0.0165. The normalized spacial score (nSPS) is 10.8. The lowest BCUT2D eigenvalue weighted by Gasteiger charge is -2.01. The molecule has 5 nitrogen and oxygen atoms in total. The van der Waals surface area contributed by atoms with Crippen LogP contribution in [0.5, 0.6) is 0 Å². The molecule has 0 aliphatic heterocycles. The van der Waals surface area contributed by atoms with Crippen molar-refractivity contribution < 1.29 is 9.90 Å². The highest BCUT2D eigenvalue weighted by Gasteiger charge is 2.15. The number of aromatic carboxylic acids is 1. The Morgan fingerprint density at radius 2 is 2.33 bits per heavy atom. The second kappa shape index (κ2) is 3.34. The summed E-state index contributed by atoms with van der Waals surface area (Å²) in [6, 6.07) is 1.78. The van der Waals surface area contributed by atoms with Crippen molar-refractivity contribution in [1.29, 1.82) is 0 Å². The molecule has 0 aromatic carbocycles. The molecule has 0 aliphatic rings. The first-order valence-corrected chi connectivity index (χ1v) is 4.70. The van der Waals surface area contributed by atoms with E-state index in [4.69, 9.17) is 5.11 Å². The van der Waals surface area contributed by atoms with Gasteiger partial charge in [-0.2, -0.15) is 0 Å². The van der Waals surface area contributed by atoms with E-state index >= 15 is 0 Å². The average Bonchev–Trinajstić information content (AvgIpc) is 2.52. The number of carboxylic acid groups (broad SMARTS) is 1. The maximum absolute atomic E-state index is 10.9. The summed E-state index contributed by atoms with van der Waals surface area (Å²) in [6.07, 6.45) is 1.50. The topological polar surface area (TPSA) is 68.0 Å². The summed E-state index contributed by atoms with van der Waals surface area (Å²) in [5, 5.41) is 8.94. The predicted molar refractivity (Wildman–Crippen MR) is 54.9 cm³/mol. The zero-order chi connectivity index (χ0) is 11.0. The van der Waals surface area contributed by atoms with E-state index in [1.165, 1.54) is 6.20 Å². The van der Waals surface area contributed by atoms with E-state index in [0.29, 0.717) is 5.52 Å². The lowest BCUT2D eigenvalue weighted by atomic mass is 10.3. The number of aryl methyl sites for hydroxylation is 2. The number of carbonyl (C=O) groups is 1. The van der Waals surface area contributed by atoms with Crippen LogP contribution in [0.4, 0.5) is 0 Å². The first kappa shape index (κ1) is 9.64. The highest BCUT2D eigenvalue weighted by molar-refractivity contribution is 5.98. The quantitative estimate of drug-likeness (QED) is 0.805. The summed E-state index contributed by atoms with van der Waals surface area (Å²) in [5.74, 6) is -0.232. The van der Waals surface area contributed by atoms with Crippen molar-refractivity contribution >= 4 is 17.0 Å². The van der Waals surface area contributed by atoms with Gasteiger partial charge in [-0.15, -0.1) is 0 Å². The van der Waals surface area contributed by atoms with Gasteiger partial charge in [0.25, 0.3) is 0 Å². The van der Waals surface area contributed by atoms with E-state index < -0.39 is 5.97 Å². The molecular formula is C10H11N3O2. The van der Waals surface area contributed by atoms with Crippen LogP contribution in [0.25, 0.3) is 11.0 Å². The van der Waals surface area contributed by atoms with Crippen LogP contribution in [-0.4, -0.2) is 25.6 Å². The Labute approximate surface area is 86.4 Å². The van der Waals surface area contributed by atoms with Gasteiger partial charge in [-0.1, -0.05) is 0 Å². The van der Waals surface area contributed by atoms with Crippen molar-refractivity contribution in [1.82, 2.24) is 14.5 Å². The molecule has 0 saturated heterocycles. The first-order valence-electron chi connectivity index (χ1n) is 4.70. The number of aromatic nitrogens is 3. The smallest absolute Gasteiger partial charge is 0.356 e. The molecule has 2 rings (SSSR count). The van der Waals surface area contributed by atoms with E-state index in [1.807, 2.05) is 18.4 Å². The standard InChI is InChI=1S/C10H11N3O2/c1-3-13-6(2)12-8-7(13)4-5-11-9(8)10(14)15/h4-5H,3H2,1-2H3,(H,14,15). The van der Waals surface area contributed by atoms with Gasteiger partial charge in [-0.3, -0.25) is 0 Å². The third kappa shape index (κ3) is 1.36. The molecule has 0 spiro atoms. The molecule has 0 saturated carbocycles. The van der Waals surface area contributed by atoms with Gasteiger partial charge in [-0.05, 0) is 19.9 Å². The van der Waals surface area contributed by atoms with Gasteiger partial charge >= 0.3 is 5.97 Å². The van der Waals surface area contributed by atoms with E-state index in [0.717, 1.165) is 17.9 Å². The summed E-state index contributed by atoms with van der Waals surface area (Å²) >= 11 is 0. The van der Waals surface area contributed by atoms with E-state index in [1.54, 1.807) is 6.07 Å². The van der Waals surface area contributed by atoms with Crippen LogP contribution in [0.3, 0.4) is 0 Å². The molecule has 5 heteroatoms. The molecule has 0 unspecified atom stereocenters. The van der Waals surface area contributed by atoms with Crippen molar-refractivity contribution in [2.45, 2.75) is 20.4 Å². The average molecular weight is 205 g/mol. The molecule has 1 N–H and O–H groups in total. The lowest BCUT2D eigenvalue weighted by molar-refractivity contribution is 0.0692. The van der Waals surface area contributed by atoms with E-state index in [9.17, 15) is 4.79 Å². The lowest BCUT2D eigenvalue weighted by Crippen LogP contribution is -2.01. The Morgan fingerprint density at radius 1 is 1.60 bits per heavy atom. The molecular weight excluding hydrogens is 194 g/mol. The molecule has 0 radical (unpaired) electrons. The number of fused-ring (bicyclic) bond motifs is 1. The van der Waals surface area contributed by atoms with Crippen LogP contribution in [0.1, 0.15) is 23.2 Å². The van der Waals surface area contributed by atoms with Crippen LogP contribution >= 0.6 is 0 Å². The number of carboxylic acids is 1. The zero-order valence-corrected chi connectivity index (χ0v) is 8.56. The van der Waals surface area contributed by atoms with Crippen molar-refractivity contribution in [3.05, 3.63) is 23.8 Å². The Morgan fingerprint density at radius 3 is 2.93 bits per heavy atom. The van der Waals surface area contributed by atoms with E-state index in [-0.39, 0.29) is 5.69 Å². The van der Waals surface area contributed by atoms with Crippen LogP contribution in [-0.2, 0) is 6.54 Å². The fraction of sp³-hybridized carbons (Fsp3) is 0.300. The summed E-state index contributed by atoms with van der Waals surface area (Å²) in [4.78, 5) is 19.0. The molecule has 0 fully saturated rings. The molecule has 0 amide bonds. The zero-order valence-electron chi connectivity index (χ0n) is 8.56. The van der Waals surface area contributed by atoms with Crippen LogP contribution in [0.15, 0.2) is 12.3 Å². The van der Waals surface area contributed by atoms with Crippen molar-refractivity contribution in [2.75, 3.05) is 0 Å². The van der Waals surface area contributed by atoms with Gasteiger partial charge in [0.05, 0.1) is 5.52 Å². The second-order valence-corrected chi connectivity index (χ2v) is 3.24. The fourth-order valence-electron chi connectivity index (χ4n) is 1.72. The Bertz CT molecular complexity index is 531. The Kier molecular flexibility index (Phi) is 2.15. The monoisotopic (exact) mass is 205 g/mol. The number of pyridine rings is 1. The number of nitrogens with zero attached hydrogens (tertiary/aromatic N) is 3. The number of imidazole rings is 1. The molecule has 0 aliphatic carbocycles. The number of rotatable bonds is 2. The molecule has 0 bridgehead atoms. The molecule has 15 heavy (non-hydrogen) atoms. The SMILES string of the molecule is CCn1c(C)nc2c(C(=O)O)nccc21. The summed E-state index contributed by atoms with van der Waals surface area (Å²) in [6.45, 7) is 4.62. The fourth-order valence-corrected chi connectivity index (χ4v) is 1.72. The van der Waals surface area contributed by atoms with Crippen LogP contribution < -0.4 is 0 Å². The van der Waals surface area contributed by atoms with E-state index in [2.05, 4.69) is 9.97 Å². The van der Waals surface area contributed by atoms with Gasteiger partial charge in [0.2, 0.25) is 0 Å². The number of hydrogen-bond donors (Lipinski definition) is 1. The number of hydrogen-bond acceptors (Lipinski definition) is 3. The predicted octanol–water partition coefficient (Wildman–Crippen LogP) is 1.46. The largest absolute Gasteiger partial charge is 0.476 e. The Hall–Kier alpha value is -1.91. The van der Waals surface area contributed by atoms with Crippen molar-refractivity contribution in [3.63, 3.8) is 0 Å². The minimum Gasteiger partial charge on any atom is -0.476 e. The van der Waals surface area contributed by atoms with Gasteiger partial charge in [0, 0.05) is 12.7 Å². The van der Waals surface area contributed by atoms with Crippen LogP contribution in [0, 0.1) is 6.92 Å². The molecule has 2 heterocycles. The van der Waals surface area contributed by atoms with Crippen LogP contribution in [0.2, 0.25) is 0 Å². The maximum Gasteiger partial charge on any atom is 0.356 e. The molecule has 2 aromatic heterocycles. The van der Waals surface area contributed by atoms with Crippen molar-refractivity contribution in [3.8, 4) is 0 Å². The van der Waals surface area contributed by atoms with Gasteiger partial charge in [0.1, 0.15) is 11.3 Å². The van der Waals surface area contributed by atoms with Gasteiger partial charge < -0.3 is 9.67 Å². The third-order valence-electron chi connectivity index (χ3n) is 2.38. The summed E-state index contributed by atoms with van der Waals surface area (Å²) in [5.41, 5.74) is 1.30. The molecule has 0 atom stereocenters.